The van der Waals surface area contributed by atoms with Gasteiger partial charge in [0.05, 0.1) is 49.5 Å². The van der Waals surface area contributed by atoms with Crippen molar-refractivity contribution < 1.29 is 8.83 Å². The van der Waals surface area contributed by atoms with Crippen LogP contribution in [0, 0.1) is 0 Å². The first-order valence-electron chi connectivity index (χ1n) is 36.7. The maximum absolute atomic E-state index is 6.57. The Balaban J connectivity index is 0.800. The molecule has 6 aromatic heterocycles. The molecule has 0 fully saturated rings. The molecule has 20 aromatic rings. The van der Waals surface area contributed by atoms with Gasteiger partial charge in [-0.2, -0.15) is 0 Å². The zero-order valence-electron chi connectivity index (χ0n) is 59.9. The Morgan fingerprint density at radius 2 is 0.514 bits per heavy atom. The molecule has 6 heterocycles. The fraction of sp³-hybridized carbons (Fsp3) is 0.0928. The minimum atomic E-state index is -0.902. The van der Waals surface area contributed by atoms with E-state index in [0.29, 0.717) is 23.6 Å². The van der Waals surface area contributed by atoms with Crippen LogP contribution in [0.1, 0.15) is 74.9 Å². The van der Waals surface area contributed by atoms with Gasteiger partial charge < -0.3 is 27.1 Å². The summed E-state index contributed by atoms with van der Waals surface area (Å²) in [6, 6.07) is 115. The number of para-hydroxylation sites is 6. The van der Waals surface area contributed by atoms with E-state index in [1.54, 1.807) is 0 Å². The molecule has 0 saturated carbocycles. The van der Waals surface area contributed by atoms with Crippen LogP contribution in [0.3, 0.4) is 0 Å². The zero-order chi connectivity index (χ0) is 71.6. The van der Waals surface area contributed by atoms with Gasteiger partial charge in [0.25, 0.3) is 0 Å². The molecular weight excluding hydrogens is 1310 g/mol. The van der Waals surface area contributed by atoms with Crippen LogP contribution in [0.15, 0.2) is 324 Å². The lowest BCUT2D eigenvalue weighted by Crippen LogP contribution is -2.28. The van der Waals surface area contributed by atoms with Crippen LogP contribution < -0.4 is 0 Å². The second-order valence-corrected chi connectivity index (χ2v) is 30.7. The van der Waals surface area contributed by atoms with Crippen LogP contribution >= 0.6 is 0 Å². The van der Waals surface area contributed by atoms with Gasteiger partial charge in [0.1, 0.15) is 0 Å². The molecule has 21 rings (SSSR count). The Bertz CT molecular complexity index is 6550. The summed E-state index contributed by atoms with van der Waals surface area (Å²) >= 11 is 0. The molecule has 0 N–H and O–H groups in total. The summed E-state index contributed by atoms with van der Waals surface area (Å²) in [6.07, 6.45) is 0. The fourth-order valence-corrected chi connectivity index (χ4v) is 17.4. The highest BCUT2D eigenvalue weighted by Crippen LogP contribution is 2.58. The molecule has 10 heteroatoms. The Morgan fingerprint density at radius 3 is 0.813 bits per heavy atom. The van der Waals surface area contributed by atoms with E-state index in [4.69, 9.17) is 8.83 Å². The predicted molar refractivity (Wildman–Crippen MR) is 436 cm³/mol. The number of nitrogens with zero attached hydrogens (tertiary/aromatic N) is 8. The van der Waals surface area contributed by atoms with Crippen LogP contribution in [-0.4, -0.2) is 38.7 Å². The van der Waals surface area contributed by atoms with E-state index in [1.165, 1.54) is 65.3 Å². The zero-order valence-corrected chi connectivity index (χ0v) is 59.9. The lowest BCUT2D eigenvalue weighted by atomic mass is 9.67. The van der Waals surface area contributed by atoms with E-state index in [0.717, 1.165) is 111 Å². The van der Waals surface area contributed by atoms with Gasteiger partial charge in [-0.3, -0.25) is 0 Å². The number of rotatable bonds is 10. The van der Waals surface area contributed by atoms with Crippen LogP contribution in [-0.2, 0) is 16.2 Å². The van der Waals surface area contributed by atoms with Crippen molar-refractivity contribution in [1.29, 1.82) is 0 Å². The molecule has 0 aliphatic heterocycles. The Labute approximate surface area is 617 Å². The standard InChI is InChI=1S/C97H70N8O2/c1-95(2,3)63-41-33-59(34-42-63)91-98-100-93(106-91)61-37-45-65(46-38-61)97(66-47-39-62(40-48-66)94-101-99-92(107-94)60-35-43-64(44-36-60)96(4,5)6)81-51-49-69(104-85-31-19-15-27-73(85)79-55-87-77(57-89(79)104)71-25-13-17-29-83(71)102(87)67-21-9-7-10-22-67)53-75(81)76-54-70(50-52-82(76)97)105-86-32-20-16-28-74(86)80-56-88-78(58-90(80)105)72-26-14-18-30-84(72)103(88)68-23-11-8-12-24-68/h7-58H,1-6H3. The van der Waals surface area contributed by atoms with E-state index in [2.05, 4.69) is 396 Å². The van der Waals surface area contributed by atoms with Crippen molar-refractivity contribution in [3.05, 3.63) is 349 Å². The predicted octanol–water partition coefficient (Wildman–Crippen LogP) is 24.5. The van der Waals surface area contributed by atoms with Crippen LogP contribution in [0.25, 0.3) is 167 Å². The number of hydrogen-bond donors (Lipinski definition) is 0. The van der Waals surface area contributed by atoms with E-state index in [1.807, 2.05) is 0 Å². The minimum Gasteiger partial charge on any atom is -0.416 e. The summed E-state index contributed by atoms with van der Waals surface area (Å²) in [7, 11) is 0. The minimum absolute atomic E-state index is 0.00258. The van der Waals surface area contributed by atoms with Gasteiger partial charge in [0, 0.05) is 88.1 Å². The highest BCUT2D eigenvalue weighted by Gasteiger charge is 2.47. The number of fused-ring (bicyclic) bond motifs is 15. The van der Waals surface area contributed by atoms with Gasteiger partial charge >= 0.3 is 0 Å². The molecule has 0 saturated heterocycles. The topological polar surface area (TPSA) is 97.6 Å². The smallest absolute Gasteiger partial charge is 0.248 e. The summed E-state index contributed by atoms with van der Waals surface area (Å²) in [5, 5.41) is 28.1. The number of hydrogen-bond acceptors (Lipinski definition) is 6. The first-order chi connectivity index (χ1) is 52.3. The summed E-state index contributed by atoms with van der Waals surface area (Å²) in [6.45, 7) is 13.3. The molecule has 0 unspecified atom stereocenters. The van der Waals surface area contributed by atoms with Crippen LogP contribution in [0.2, 0.25) is 0 Å². The largest absolute Gasteiger partial charge is 0.416 e. The average Bonchev–Trinajstić information content (AvgIpc) is 1.55. The van der Waals surface area contributed by atoms with E-state index >= 15 is 0 Å². The lowest BCUT2D eigenvalue weighted by molar-refractivity contribution is 0.582. The lowest BCUT2D eigenvalue weighted by Gasteiger charge is -2.34. The van der Waals surface area contributed by atoms with Crippen molar-refractivity contribution in [2.24, 2.45) is 0 Å². The summed E-state index contributed by atoms with van der Waals surface area (Å²) < 4.78 is 23.0. The highest BCUT2D eigenvalue weighted by atomic mass is 16.4. The molecule has 1 aliphatic carbocycles. The van der Waals surface area contributed by atoms with Crippen LogP contribution in [0.5, 0.6) is 0 Å². The highest BCUT2D eigenvalue weighted by molar-refractivity contribution is 6.21. The van der Waals surface area contributed by atoms with E-state index in [-0.39, 0.29) is 10.8 Å². The number of benzene rings is 14. The van der Waals surface area contributed by atoms with Crippen molar-refractivity contribution in [3.63, 3.8) is 0 Å². The quantitative estimate of drug-likeness (QED) is 0.135. The third-order valence-corrected chi connectivity index (χ3v) is 22.6. The second-order valence-electron chi connectivity index (χ2n) is 30.7. The molecule has 0 amide bonds. The first kappa shape index (κ1) is 62.2. The molecule has 10 nitrogen and oxygen atoms in total. The van der Waals surface area contributed by atoms with Crippen molar-refractivity contribution in [1.82, 2.24) is 38.7 Å². The van der Waals surface area contributed by atoms with Crippen molar-refractivity contribution in [3.8, 4) is 79.7 Å². The summed E-state index contributed by atoms with van der Waals surface area (Å²) in [4.78, 5) is 0. The first-order valence-corrected chi connectivity index (χ1v) is 36.7. The van der Waals surface area contributed by atoms with Gasteiger partial charge in [0.15, 0.2) is 0 Å². The normalized spacial score (nSPS) is 13.0. The maximum atomic E-state index is 6.57. The summed E-state index contributed by atoms with van der Waals surface area (Å²) in [5.74, 6) is 1.82. The molecule has 510 valence electrons. The molecule has 14 aromatic carbocycles. The Kier molecular flexibility index (Phi) is 13.5. The second kappa shape index (κ2) is 23.3. The van der Waals surface area contributed by atoms with E-state index in [9.17, 15) is 0 Å². The average molecular weight is 1380 g/mol. The molecule has 0 atom stereocenters. The third kappa shape index (κ3) is 9.51. The molecule has 0 radical (unpaired) electrons. The SMILES string of the molecule is CC(C)(C)c1ccc(-c2nnc(-c3ccc(C4(c5ccc(-c6nnc(-c7ccc(C(C)(C)C)cc7)o6)cc5)c5ccc(-n6c7ccccc7c7cc8c(cc76)c6ccccc6n8-c6ccccc6)cc5-c5cc(-n6c7ccccc7c7cc8c(cc76)c6ccccc6n8-c6ccccc6)ccc54)cc3)o2)cc1. The van der Waals surface area contributed by atoms with Gasteiger partial charge in [-0.05, 0) is 201 Å². The number of aromatic nitrogens is 8. The monoisotopic (exact) mass is 1380 g/mol. The molecular formula is C97H70N8O2. The fourth-order valence-electron chi connectivity index (χ4n) is 17.4. The van der Waals surface area contributed by atoms with Crippen LogP contribution in [0.4, 0.5) is 0 Å². The van der Waals surface area contributed by atoms with Gasteiger partial charge in [-0.25, -0.2) is 0 Å². The third-order valence-electron chi connectivity index (χ3n) is 22.6. The van der Waals surface area contributed by atoms with Gasteiger partial charge in [-0.1, -0.05) is 211 Å². The molecule has 0 bridgehead atoms. The van der Waals surface area contributed by atoms with Crippen molar-refractivity contribution >= 4 is 87.2 Å². The van der Waals surface area contributed by atoms with Gasteiger partial charge in [0.2, 0.25) is 23.6 Å². The maximum Gasteiger partial charge on any atom is 0.248 e. The molecule has 0 spiro atoms. The van der Waals surface area contributed by atoms with Crippen molar-refractivity contribution in [2.75, 3.05) is 0 Å². The Hall–Kier alpha value is -13.4. The van der Waals surface area contributed by atoms with E-state index < -0.39 is 5.41 Å². The Morgan fingerprint density at radius 1 is 0.243 bits per heavy atom. The molecule has 1 aliphatic rings. The summed E-state index contributed by atoms with van der Waals surface area (Å²) in [5.41, 5.74) is 25.1. The van der Waals surface area contributed by atoms with Gasteiger partial charge in [-0.15, -0.1) is 20.4 Å². The van der Waals surface area contributed by atoms with Crippen molar-refractivity contribution in [2.45, 2.75) is 57.8 Å². The molecule has 107 heavy (non-hydrogen) atoms.